The molecule has 0 amide bonds. The molecule has 6 aromatic carbocycles. The van der Waals surface area contributed by atoms with Crippen molar-refractivity contribution in [3.8, 4) is 0 Å². The first-order valence-electron chi connectivity index (χ1n) is 22.6. The van der Waals surface area contributed by atoms with Crippen molar-refractivity contribution in [1.82, 2.24) is 0 Å². The average Bonchev–Trinajstić information content (AvgIpc) is 3.32. The Kier molecular flexibility index (Phi) is 16.7. The molecule has 0 fully saturated rings. The van der Waals surface area contributed by atoms with Crippen LogP contribution in [-0.2, 0) is 33.5 Å². The first-order valence-corrected chi connectivity index (χ1v) is 42.8. The van der Waals surface area contributed by atoms with Gasteiger partial charge in [-0.1, -0.05) is 201 Å². The van der Waals surface area contributed by atoms with E-state index in [9.17, 15) is 0 Å². The van der Waals surface area contributed by atoms with Crippen LogP contribution in [0.25, 0.3) is 0 Å². The summed E-state index contributed by atoms with van der Waals surface area (Å²) in [6.07, 6.45) is 2.98. The summed E-state index contributed by atoms with van der Waals surface area (Å²) in [5.74, 6) is 0. The van der Waals surface area contributed by atoms with Crippen molar-refractivity contribution < 1.29 is 33.5 Å². The van der Waals surface area contributed by atoms with Gasteiger partial charge in [-0.25, -0.2) is 0 Å². The van der Waals surface area contributed by atoms with Crippen LogP contribution in [0.1, 0.15) is 0 Å². The molecule has 16 heteroatoms. The first kappa shape index (κ1) is 52.0. The molecule has 6 rings (SSSR count). The van der Waals surface area contributed by atoms with Crippen molar-refractivity contribution >= 4 is 98.2 Å². The maximum Gasteiger partial charge on any atom is 0.459 e. The molecule has 0 bridgehead atoms. The number of hydrogen-bond acceptors (Lipinski definition) is 8. The second-order valence-electron chi connectivity index (χ2n) is 18.3. The van der Waals surface area contributed by atoms with E-state index in [-0.39, 0.29) is 0 Å². The van der Waals surface area contributed by atoms with E-state index in [1.165, 1.54) is 12.5 Å². The van der Waals surface area contributed by atoms with Gasteiger partial charge in [-0.15, -0.1) is 6.58 Å². The Bertz CT molecular complexity index is 2450. The van der Waals surface area contributed by atoms with E-state index in [0.717, 1.165) is 31.1 Å². The van der Waals surface area contributed by atoms with Crippen LogP contribution >= 0.6 is 0 Å². The van der Waals surface area contributed by atoms with Crippen molar-refractivity contribution in [2.75, 3.05) is 0 Å². The standard InChI is InChI=1S/C51H66O8Si8/c1-13-52-65(12,59-67(50-42-30-20-31-43-50,51-44-32-21-33-45-51)55-61(7,8)54-60(4,5)6)62(9,15-3)56-63(10,46-34-22-16-23-35-46)57-64(11,47-36-24-17-25-37-47)58-66(53-14-2,48-38-26-18-27-39-48)49-40-28-19-29-41-49/h13-45H,1-3H2,4-12H3. The smallest absolute Gasteiger partial charge is 0.459 e. The topological polar surface area (TPSA) is 73.8 Å². The van der Waals surface area contributed by atoms with Crippen molar-refractivity contribution in [3.05, 3.63) is 220 Å². The van der Waals surface area contributed by atoms with Crippen LogP contribution in [0.2, 0.25) is 58.9 Å². The van der Waals surface area contributed by atoms with Crippen molar-refractivity contribution in [2.45, 2.75) is 58.9 Å². The van der Waals surface area contributed by atoms with E-state index in [1.807, 2.05) is 115 Å². The number of rotatable bonds is 24. The lowest BCUT2D eigenvalue weighted by Crippen LogP contribution is -2.79. The summed E-state index contributed by atoms with van der Waals surface area (Å²) in [4.78, 5) is 0. The predicted octanol–water partition coefficient (Wildman–Crippen LogP) is 8.87. The lowest BCUT2D eigenvalue weighted by atomic mass is 10.4. The highest BCUT2D eigenvalue weighted by atomic mass is 29.3. The van der Waals surface area contributed by atoms with Crippen molar-refractivity contribution in [3.63, 3.8) is 0 Å². The van der Waals surface area contributed by atoms with E-state index >= 15 is 0 Å². The minimum atomic E-state index is -3.76. The van der Waals surface area contributed by atoms with Gasteiger partial charge in [0.1, 0.15) is 0 Å². The molecule has 8 nitrogen and oxygen atoms in total. The fourth-order valence-corrected chi connectivity index (χ4v) is 51.8. The summed E-state index contributed by atoms with van der Waals surface area (Å²) in [6.45, 7) is 32.0. The molecule has 0 saturated heterocycles. The van der Waals surface area contributed by atoms with Crippen LogP contribution in [0.5, 0.6) is 0 Å². The van der Waals surface area contributed by atoms with Gasteiger partial charge in [0, 0.05) is 10.4 Å². The summed E-state index contributed by atoms with van der Waals surface area (Å²) in [5.41, 5.74) is 1.94. The fourth-order valence-electron chi connectivity index (χ4n) is 8.52. The van der Waals surface area contributed by atoms with Gasteiger partial charge in [-0.05, 0) is 79.7 Å². The van der Waals surface area contributed by atoms with Crippen LogP contribution < -0.4 is 31.1 Å². The van der Waals surface area contributed by atoms with Gasteiger partial charge in [-0.2, -0.15) is 0 Å². The molecule has 6 aromatic rings. The maximum atomic E-state index is 7.99. The minimum absolute atomic E-state index is 0.906. The van der Waals surface area contributed by atoms with Gasteiger partial charge in [0.2, 0.25) is 0 Å². The monoisotopic (exact) mass is 1030 g/mol. The molecular formula is C51H66O8Si8. The Morgan fingerprint density at radius 3 is 0.985 bits per heavy atom. The zero-order chi connectivity index (χ0) is 48.5. The number of benzene rings is 6. The molecule has 0 spiro atoms. The maximum absolute atomic E-state index is 7.99. The van der Waals surface area contributed by atoms with Crippen LogP contribution in [0.15, 0.2) is 220 Å². The highest BCUT2D eigenvalue weighted by Gasteiger charge is 2.65. The van der Waals surface area contributed by atoms with E-state index in [4.69, 9.17) is 33.5 Å². The molecule has 0 aliphatic carbocycles. The van der Waals surface area contributed by atoms with E-state index in [0.29, 0.717) is 0 Å². The highest BCUT2D eigenvalue weighted by molar-refractivity contribution is 7.39. The molecule has 67 heavy (non-hydrogen) atoms. The van der Waals surface area contributed by atoms with Gasteiger partial charge in [0.05, 0.1) is 12.5 Å². The molecule has 0 saturated carbocycles. The summed E-state index contributed by atoms with van der Waals surface area (Å²) < 4.78 is 60.1. The Balaban J connectivity index is 1.58. The van der Waals surface area contributed by atoms with Crippen LogP contribution in [0, 0.1) is 0 Å². The first-order chi connectivity index (χ1) is 31.8. The molecule has 0 aliphatic heterocycles. The quantitative estimate of drug-likeness (QED) is 0.0440. The van der Waals surface area contributed by atoms with Gasteiger partial charge >= 0.3 is 50.9 Å². The second-order valence-corrected chi connectivity index (χ2v) is 50.6. The van der Waals surface area contributed by atoms with Gasteiger partial charge in [-0.3, -0.25) is 0 Å². The van der Waals surface area contributed by atoms with Gasteiger partial charge < -0.3 is 33.5 Å². The molecule has 0 radical (unpaired) electrons. The van der Waals surface area contributed by atoms with Crippen LogP contribution in [0.3, 0.4) is 0 Å². The lowest BCUT2D eigenvalue weighted by molar-refractivity contribution is 0.287. The summed E-state index contributed by atoms with van der Waals surface area (Å²) >= 11 is 0. The fraction of sp³-hybridized carbons (Fsp3) is 0.176. The Morgan fingerprint density at radius 2 is 0.657 bits per heavy atom. The van der Waals surface area contributed by atoms with Gasteiger partial charge in [0.25, 0.3) is 7.83 Å². The van der Waals surface area contributed by atoms with Crippen molar-refractivity contribution in [2.24, 2.45) is 0 Å². The minimum Gasteiger partial charge on any atom is -0.528 e. The van der Waals surface area contributed by atoms with Gasteiger partial charge in [0.15, 0.2) is 8.32 Å². The third kappa shape index (κ3) is 11.9. The summed E-state index contributed by atoms with van der Waals surface area (Å²) in [5, 5.41) is 5.49. The lowest BCUT2D eigenvalue weighted by Gasteiger charge is -2.50. The second kappa shape index (κ2) is 21.5. The number of hydrogen-bond donors (Lipinski definition) is 0. The summed E-state index contributed by atoms with van der Waals surface area (Å²) in [6, 6.07) is 61.2. The zero-order valence-corrected chi connectivity index (χ0v) is 48.4. The molecule has 0 aliphatic rings. The molecule has 0 heterocycles. The van der Waals surface area contributed by atoms with Crippen molar-refractivity contribution in [1.29, 1.82) is 0 Å². The molecular weight excluding hydrogens is 965 g/mol. The molecule has 0 N–H and O–H groups in total. The summed E-state index contributed by atoms with van der Waals surface area (Å²) in [7, 11) is -27.0. The highest BCUT2D eigenvalue weighted by Crippen LogP contribution is 2.35. The molecule has 4 atom stereocenters. The van der Waals surface area contributed by atoms with Crippen LogP contribution in [-0.4, -0.2) is 67.0 Å². The Morgan fingerprint density at radius 1 is 0.328 bits per heavy atom. The van der Waals surface area contributed by atoms with Crippen LogP contribution in [0.4, 0.5) is 0 Å². The Hall–Kier alpha value is -4.36. The third-order valence-electron chi connectivity index (χ3n) is 11.5. The van der Waals surface area contributed by atoms with E-state index in [2.05, 4.69) is 151 Å². The Labute approximate surface area is 408 Å². The molecule has 4 unspecified atom stereocenters. The largest absolute Gasteiger partial charge is 0.528 e. The average molecular weight is 1030 g/mol. The van der Waals surface area contributed by atoms with E-state index in [1.54, 1.807) is 0 Å². The van der Waals surface area contributed by atoms with E-state index < -0.39 is 67.0 Å². The third-order valence-corrected chi connectivity index (χ3v) is 49.8. The SMILES string of the molecule is C=CO[Si](O[Si](C)(O[Si](C)(O[Si](C)(C=C)[Si](C)(OC=C)O[Si](O[Si](C)(C)O[Si](C)(C)C)(c1ccccc1)c1ccccc1)c1ccccc1)c1ccccc1)(c1ccccc1)c1ccccc1. The zero-order valence-electron chi connectivity index (χ0n) is 40.4. The molecule has 350 valence electrons. The normalized spacial score (nSPS) is 16.0. The molecule has 0 aromatic heterocycles. The predicted molar refractivity (Wildman–Crippen MR) is 295 cm³/mol.